The summed E-state index contributed by atoms with van der Waals surface area (Å²) in [6, 6.07) is 21.6. The average Bonchev–Trinajstić information content (AvgIpc) is 3.49. The van der Waals surface area contributed by atoms with E-state index in [0.29, 0.717) is 29.8 Å². The molecule has 1 fully saturated rings. The zero-order valence-electron chi connectivity index (χ0n) is 21.2. The van der Waals surface area contributed by atoms with Gasteiger partial charge in [-0.15, -0.1) is 0 Å². The first-order valence-corrected chi connectivity index (χ1v) is 12.7. The Kier molecular flexibility index (Phi) is 6.03. The molecule has 9 nitrogen and oxygen atoms in total. The van der Waals surface area contributed by atoms with Crippen molar-refractivity contribution in [3.8, 4) is 22.4 Å². The Labute approximate surface area is 224 Å². The maximum Gasteiger partial charge on any atom is 0.255 e. The minimum absolute atomic E-state index is 0.177. The van der Waals surface area contributed by atoms with Crippen molar-refractivity contribution < 1.29 is 19.2 Å². The standard InChI is InChI=1S/C30H25N5O4/c1-34-27(18-7-10-22(11-8-18)32-28(37)19-5-3-2-4-6-19)24(16-31-34)20-9-12-23-21(15-20)17-35(30(23)39)25-13-14-26(36)33-29(25)38/h2-12,15-16,25H,13-14,17H2,1H3,(H,32,37)(H,33,36,38). The van der Waals surface area contributed by atoms with Gasteiger partial charge in [-0.05, 0) is 53.9 Å². The number of imide groups is 1. The lowest BCUT2D eigenvalue weighted by atomic mass is 9.98. The molecule has 3 heterocycles. The molecule has 4 aromatic rings. The molecule has 0 radical (unpaired) electrons. The number of hydrogen-bond donors (Lipinski definition) is 2. The molecule has 194 valence electrons. The molecule has 2 aliphatic rings. The molecule has 0 saturated carbocycles. The molecule has 4 amide bonds. The summed E-state index contributed by atoms with van der Waals surface area (Å²) in [5, 5.41) is 9.73. The number of aryl methyl sites for hydroxylation is 1. The zero-order chi connectivity index (χ0) is 27.1. The van der Waals surface area contributed by atoms with Crippen LogP contribution in [0.4, 0.5) is 5.69 Å². The van der Waals surface area contributed by atoms with E-state index in [1.165, 1.54) is 0 Å². The predicted octanol–water partition coefficient (Wildman–Crippen LogP) is 3.77. The molecular formula is C30H25N5O4. The number of amides is 4. The highest BCUT2D eigenvalue weighted by molar-refractivity contribution is 6.06. The topological polar surface area (TPSA) is 113 Å². The number of carbonyl (C=O) groups excluding carboxylic acids is 4. The van der Waals surface area contributed by atoms with Gasteiger partial charge in [-0.3, -0.25) is 29.2 Å². The van der Waals surface area contributed by atoms with Gasteiger partial charge in [-0.1, -0.05) is 36.4 Å². The zero-order valence-corrected chi connectivity index (χ0v) is 21.2. The van der Waals surface area contributed by atoms with Crippen molar-refractivity contribution in [3.63, 3.8) is 0 Å². The fourth-order valence-corrected chi connectivity index (χ4v) is 5.24. The van der Waals surface area contributed by atoms with Crippen molar-refractivity contribution in [1.82, 2.24) is 20.0 Å². The van der Waals surface area contributed by atoms with E-state index in [2.05, 4.69) is 15.7 Å². The second-order valence-electron chi connectivity index (χ2n) is 9.70. The number of fused-ring (bicyclic) bond motifs is 1. The van der Waals surface area contributed by atoms with E-state index in [1.807, 2.05) is 61.6 Å². The number of carbonyl (C=O) groups is 4. The summed E-state index contributed by atoms with van der Waals surface area (Å²) in [7, 11) is 1.87. The molecule has 39 heavy (non-hydrogen) atoms. The molecule has 1 atom stereocenters. The average molecular weight is 520 g/mol. The van der Waals surface area contributed by atoms with Crippen molar-refractivity contribution in [1.29, 1.82) is 0 Å². The van der Waals surface area contributed by atoms with Gasteiger partial charge in [0.25, 0.3) is 11.8 Å². The molecule has 0 spiro atoms. The highest BCUT2D eigenvalue weighted by Gasteiger charge is 2.39. The lowest BCUT2D eigenvalue weighted by molar-refractivity contribution is -0.136. The predicted molar refractivity (Wildman–Crippen MR) is 145 cm³/mol. The Morgan fingerprint density at radius 1 is 0.949 bits per heavy atom. The molecule has 3 aromatic carbocycles. The van der Waals surface area contributed by atoms with Gasteiger partial charge in [0.15, 0.2) is 0 Å². The monoisotopic (exact) mass is 519 g/mol. The Bertz CT molecular complexity index is 1630. The third kappa shape index (κ3) is 4.48. The number of nitrogens with one attached hydrogen (secondary N) is 2. The minimum Gasteiger partial charge on any atom is -0.322 e. The van der Waals surface area contributed by atoms with Crippen LogP contribution in [0.2, 0.25) is 0 Å². The maximum atomic E-state index is 13.1. The Morgan fingerprint density at radius 3 is 2.44 bits per heavy atom. The number of rotatable bonds is 5. The van der Waals surface area contributed by atoms with Crippen molar-refractivity contribution in [3.05, 3.63) is 95.7 Å². The van der Waals surface area contributed by atoms with E-state index in [-0.39, 0.29) is 24.1 Å². The largest absolute Gasteiger partial charge is 0.322 e. The summed E-state index contributed by atoms with van der Waals surface area (Å²) in [6.45, 7) is 0.305. The first kappa shape index (κ1) is 24.3. The highest BCUT2D eigenvalue weighted by atomic mass is 16.2. The Morgan fingerprint density at radius 2 is 1.69 bits per heavy atom. The van der Waals surface area contributed by atoms with Gasteiger partial charge in [-0.25, -0.2) is 0 Å². The Hall–Kier alpha value is -5.05. The number of nitrogens with zero attached hydrogens (tertiary/aromatic N) is 3. The van der Waals surface area contributed by atoms with E-state index >= 15 is 0 Å². The number of piperidine rings is 1. The highest BCUT2D eigenvalue weighted by Crippen LogP contribution is 2.36. The minimum atomic E-state index is -0.652. The van der Waals surface area contributed by atoms with Crippen LogP contribution in [0.3, 0.4) is 0 Å². The van der Waals surface area contributed by atoms with Crippen molar-refractivity contribution in [2.24, 2.45) is 7.05 Å². The molecule has 2 aliphatic heterocycles. The molecule has 1 aromatic heterocycles. The maximum absolute atomic E-state index is 13.1. The molecule has 0 bridgehead atoms. The first-order valence-electron chi connectivity index (χ1n) is 12.7. The van der Waals surface area contributed by atoms with E-state index in [1.54, 1.807) is 34.0 Å². The lowest BCUT2D eigenvalue weighted by Crippen LogP contribution is -2.52. The number of anilines is 1. The summed E-state index contributed by atoms with van der Waals surface area (Å²) in [5.74, 6) is -1.11. The van der Waals surface area contributed by atoms with Crippen LogP contribution in [0.25, 0.3) is 22.4 Å². The van der Waals surface area contributed by atoms with Crippen LogP contribution in [0, 0.1) is 0 Å². The van der Waals surface area contributed by atoms with Crippen molar-refractivity contribution >= 4 is 29.3 Å². The summed E-state index contributed by atoms with van der Waals surface area (Å²) < 4.78 is 1.79. The van der Waals surface area contributed by atoms with Crippen LogP contribution in [-0.2, 0) is 23.2 Å². The van der Waals surface area contributed by atoms with Gasteiger partial charge in [-0.2, -0.15) is 5.10 Å². The second-order valence-corrected chi connectivity index (χ2v) is 9.70. The number of hydrogen-bond acceptors (Lipinski definition) is 5. The molecule has 6 rings (SSSR count). The SMILES string of the molecule is Cn1ncc(-c2ccc3c(c2)CN(C2CCC(=O)NC2=O)C3=O)c1-c1ccc(NC(=O)c2ccccc2)cc1. The second kappa shape index (κ2) is 9.68. The fraction of sp³-hybridized carbons (Fsp3) is 0.167. The van der Waals surface area contributed by atoms with Gasteiger partial charge in [0.05, 0.1) is 11.9 Å². The molecule has 9 heteroatoms. The van der Waals surface area contributed by atoms with Gasteiger partial charge < -0.3 is 10.2 Å². The van der Waals surface area contributed by atoms with Gasteiger partial charge in [0.2, 0.25) is 11.8 Å². The number of benzene rings is 3. The van der Waals surface area contributed by atoms with Crippen LogP contribution in [-0.4, -0.2) is 44.4 Å². The third-order valence-electron chi connectivity index (χ3n) is 7.23. The molecule has 2 N–H and O–H groups in total. The van der Waals surface area contributed by atoms with Crippen molar-refractivity contribution in [2.75, 3.05) is 5.32 Å². The summed E-state index contributed by atoms with van der Waals surface area (Å²) in [4.78, 5) is 51.1. The first-order chi connectivity index (χ1) is 18.9. The quantitative estimate of drug-likeness (QED) is 0.390. The number of aromatic nitrogens is 2. The van der Waals surface area contributed by atoms with Crippen molar-refractivity contribution in [2.45, 2.75) is 25.4 Å². The van der Waals surface area contributed by atoms with Crippen LogP contribution in [0.5, 0.6) is 0 Å². The molecule has 1 saturated heterocycles. The van der Waals surface area contributed by atoms with Crippen LogP contribution in [0.1, 0.15) is 39.1 Å². The van der Waals surface area contributed by atoms with Gasteiger partial charge in [0.1, 0.15) is 6.04 Å². The summed E-state index contributed by atoms with van der Waals surface area (Å²) in [6.07, 6.45) is 2.33. The third-order valence-corrected chi connectivity index (χ3v) is 7.23. The van der Waals surface area contributed by atoms with Crippen LogP contribution < -0.4 is 10.6 Å². The lowest BCUT2D eigenvalue weighted by Gasteiger charge is -2.29. The normalized spacial score (nSPS) is 16.7. The van der Waals surface area contributed by atoms with Crippen LogP contribution in [0.15, 0.2) is 79.0 Å². The van der Waals surface area contributed by atoms with Gasteiger partial charge in [0, 0.05) is 48.0 Å². The van der Waals surface area contributed by atoms with E-state index < -0.39 is 11.9 Å². The molecular weight excluding hydrogens is 494 g/mol. The fourth-order valence-electron chi connectivity index (χ4n) is 5.24. The van der Waals surface area contributed by atoms with E-state index in [4.69, 9.17) is 0 Å². The molecule has 0 aliphatic carbocycles. The smallest absolute Gasteiger partial charge is 0.255 e. The molecule has 1 unspecified atom stereocenters. The summed E-state index contributed by atoms with van der Waals surface area (Å²) >= 11 is 0. The van der Waals surface area contributed by atoms with E-state index in [9.17, 15) is 19.2 Å². The van der Waals surface area contributed by atoms with E-state index in [0.717, 1.165) is 27.9 Å². The Balaban J connectivity index is 1.24. The van der Waals surface area contributed by atoms with Gasteiger partial charge >= 0.3 is 0 Å². The van der Waals surface area contributed by atoms with Crippen LogP contribution >= 0.6 is 0 Å². The summed E-state index contributed by atoms with van der Waals surface area (Å²) in [5.41, 5.74) is 6.27.